The van der Waals surface area contributed by atoms with E-state index in [1.165, 1.54) is 25.1 Å². The lowest BCUT2D eigenvalue weighted by Crippen LogP contribution is -2.37. The lowest BCUT2D eigenvalue weighted by molar-refractivity contribution is -0.149. The largest absolute Gasteiger partial charge is 0.495 e. The summed E-state index contributed by atoms with van der Waals surface area (Å²) in [7, 11) is 2.91. The third kappa shape index (κ3) is 4.60. The number of hydrogen-bond donors (Lipinski definition) is 1. The fourth-order valence-corrected chi connectivity index (χ4v) is 2.34. The zero-order valence-corrected chi connectivity index (χ0v) is 14.3. The van der Waals surface area contributed by atoms with Gasteiger partial charge in [0.1, 0.15) is 18.8 Å². The highest BCUT2D eigenvalue weighted by molar-refractivity contribution is 6.32. The van der Waals surface area contributed by atoms with Gasteiger partial charge in [-0.25, -0.2) is 4.79 Å². The molecule has 1 aliphatic heterocycles. The average Bonchev–Trinajstić information content (AvgIpc) is 2.79. The number of amides is 4. The Kier molecular flexibility index (Phi) is 5.81. The van der Waals surface area contributed by atoms with Crippen LogP contribution in [0.15, 0.2) is 18.2 Å². The minimum atomic E-state index is -0.861. The van der Waals surface area contributed by atoms with Crippen LogP contribution < -0.4 is 10.1 Å². The van der Waals surface area contributed by atoms with E-state index in [-0.39, 0.29) is 6.54 Å². The molecule has 4 amide bonds. The Morgan fingerprint density at radius 3 is 2.60 bits per heavy atom. The summed E-state index contributed by atoms with van der Waals surface area (Å²) >= 11 is 5.94. The van der Waals surface area contributed by atoms with Crippen molar-refractivity contribution in [2.24, 2.45) is 0 Å². The Bertz CT molecular complexity index is 723. The number of ether oxygens (including phenoxy) is 2. The number of carbonyl (C=O) groups excluding carboxylic acids is 4. The number of likely N-dealkylation sites (N-methyl/N-ethyl adjacent to an activating group) is 1. The number of benzene rings is 1. The summed E-state index contributed by atoms with van der Waals surface area (Å²) in [4.78, 5) is 48.6. The van der Waals surface area contributed by atoms with Gasteiger partial charge < -0.3 is 19.7 Å². The highest BCUT2D eigenvalue weighted by atomic mass is 35.5. The number of anilines is 1. The van der Waals surface area contributed by atoms with Crippen LogP contribution in [0.1, 0.15) is 0 Å². The summed E-state index contributed by atoms with van der Waals surface area (Å²) in [5.41, 5.74) is 0.401. The molecule has 0 unspecified atom stereocenters. The molecule has 1 fully saturated rings. The van der Waals surface area contributed by atoms with Gasteiger partial charge in [-0.15, -0.1) is 0 Å². The first-order valence-electron chi connectivity index (χ1n) is 7.16. The van der Waals surface area contributed by atoms with Gasteiger partial charge in [0.05, 0.1) is 12.1 Å². The van der Waals surface area contributed by atoms with Crippen LogP contribution in [-0.2, 0) is 19.1 Å². The summed E-state index contributed by atoms with van der Waals surface area (Å²) in [6, 6.07) is 4.05. The van der Waals surface area contributed by atoms with Gasteiger partial charge in [0.15, 0.2) is 6.61 Å². The van der Waals surface area contributed by atoms with E-state index in [1.54, 1.807) is 12.1 Å². The SMILES string of the molecule is COc1ccc(NC(=O)COC(=O)CN2C(=O)CN(C)C2=O)cc1Cl. The number of nitrogens with zero attached hydrogens (tertiary/aromatic N) is 2. The molecule has 2 rings (SSSR count). The molecule has 1 N–H and O–H groups in total. The van der Waals surface area contributed by atoms with Crippen molar-refractivity contribution < 1.29 is 28.7 Å². The van der Waals surface area contributed by atoms with Crippen molar-refractivity contribution in [2.75, 3.05) is 39.2 Å². The van der Waals surface area contributed by atoms with Crippen LogP contribution in [-0.4, -0.2) is 67.5 Å². The number of urea groups is 1. The Balaban J connectivity index is 1.81. The number of halogens is 1. The summed E-state index contributed by atoms with van der Waals surface area (Å²) in [6.07, 6.45) is 0. The van der Waals surface area contributed by atoms with Gasteiger partial charge in [-0.2, -0.15) is 0 Å². The molecule has 1 aromatic carbocycles. The molecule has 1 aliphatic rings. The average molecular weight is 370 g/mol. The van der Waals surface area contributed by atoms with Crippen molar-refractivity contribution in [3.8, 4) is 5.75 Å². The quantitative estimate of drug-likeness (QED) is 0.585. The Labute approximate surface area is 148 Å². The second kappa shape index (κ2) is 7.84. The van der Waals surface area contributed by atoms with Crippen molar-refractivity contribution >= 4 is 41.1 Å². The van der Waals surface area contributed by atoms with Crippen LogP contribution in [0.4, 0.5) is 10.5 Å². The predicted molar refractivity (Wildman–Crippen MR) is 87.3 cm³/mol. The molecule has 0 aromatic heterocycles. The first-order valence-corrected chi connectivity index (χ1v) is 7.54. The summed E-state index contributed by atoms with van der Waals surface area (Å²) in [5.74, 6) is -1.50. The van der Waals surface area contributed by atoms with E-state index in [9.17, 15) is 19.2 Å². The van der Waals surface area contributed by atoms with Crippen molar-refractivity contribution in [2.45, 2.75) is 0 Å². The maximum atomic E-state index is 11.8. The molecule has 0 aliphatic carbocycles. The van der Waals surface area contributed by atoms with Gasteiger partial charge in [0.25, 0.3) is 11.8 Å². The van der Waals surface area contributed by atoms with Gasteiger partial charge in [-0.05, 0) is 18.2 Å². The van der Waals surface area contributed by atoms with E-state index in [0.29, 0.717) is 16.5 Å². The molecule has 9 nitrogen and oxygen atoms in total. The lowest BCUT2D eigenvalue weighted by atomic mass is 10.3. The maximum absolute atomic E-state index is 11.8. The van der Waals surface area contributed by atoms with Gasteiger partial charge >= 0.3 is 12.0 Å². The van der Waals surface area contributed by atoms with Gasteiger partial charge in [0, 0.05) is 12.7 Å². The number of nitrogens with one attached hydrogen (secondary N) is 1. The topological polar surface area (TPSA) is 105 Å². The predicted octanol–water partition coefficient (Wildman–Crippen LogP) is 0.724. The standard InChI is InChI=1S/C15H16ClN3O6/c1-18-6-13(21)19(15(18)23)7-14(22)25-8-12(20)17-9-3-4-11(24-2)10(16)5-9/h3-5H,6-8H2,1-2H3,(H,17,20). The first-order chi connectivity index (χ1) is 11.8. The van der Waals surface area contributed by atoms with E-state index >= 15 is 0 Å². The summed E-state index contributed by atoms with van der Waals surface area (Å²) < 4.78 is 9.77. The molecule has 0 atom stereocenters. The number of imide groups is 1. The number of carbonyl (C=O) groups is 4. The first kappa shape index (κ1) is 18.5. The fourth-order valence-electron chi connectivity index (χ4n) is 2.09. The second-order valence-electron chi connectivity index (χ2n) is 5.18. The molecule has 0 spiro atoms. The molecule has 0 saturated carbocycles. The third-order valence-corrected chi connectivity index (χ3v) is 3.61. The molecular weight excluding hydrogens is 354 g/mol. The van der Waals surface area contributed by atoms with Crippen LogP contribution in [0.2, 0.25) is 5.02 Å². The van der Waals surface area contributed by atoms with Crippen LogP contribution in [0, 0.1) is 0 Å². The van der Waals surface area contributed by atoms with Crippen LogP contribution >= 0.6 is 11.6 Å². The second-order valence-corrected chi connectivity index (χ2v) is 5.58. The van der Waals surface area contributed by atoms with E-state index in [4.69, 9.17) is 21.1 Å². The van der Waals surface area contributed by atoms with Crippen LogP contribution in [0.5, 0.6) is 5.75 Å². The smallest absolute Gasteiger partial charge is 0.327 e. The van der Waals surface area contributed by atoms with Gasteiger partial charge in [-0.3, -0.25) is 19.3 Å². The molecule has 1 aromatic rings. The molecule has 25 heavy (non-hydrogen) atoms. The van der Waals surface area contributed by atoms with Crippen LogP contribution in [0.3, 0.4) is 0 Å². The number of hydrogen-bond acceptors (Lipinski definition) is 6. The Morgan fingerprint density at radius 2 is 2.04 bits per heavy atom. The van der Waals surface area contributed by atoms with Crippen molar-refractivity contribution in [3.05, 3.63) is 23.2 Å². The fraction of sp³-hybridized carbons (Fsp3) is 0.333. The monoisotopic (exact) mass is 369 g/mol. The molecule has 0 bridgehead atoms. The van der Waals surface area contributed by atoms with E-state index in [0.717, 1.165) is 4.90 Å². The minimum absolute atomic E-state index is 0.0924. The molecule has 1 saturated heterocycles. The Hall–Kier alpha value is -2.81. The van der Waals surface area contributed by atoms with Crippen LogP contribution in [0.25, 0.3) is 0 Å². The number of methoxy groups -OCH3 is 1. The summed E-state index contributed by atoms with van der Waals surface area (Å²) in [6.45, 7) is -1.19. The number of esters is 1. The highest BCUT2D eigenvalue weighted by Gasteiger charge is 2.35. The zero-order valence-electron chi connectivity index (χ0n) is 13.6. The van der Waals surface area contributed by atoms with Gasteiger partial charge in [0.2, 0.25) is 0 Å². The molecule has 0 radical (unpaired) electrons. The Morgan fingerprint density at radius 1 is 1.32 bits per heavy atom. The normalized spacial score (nSPS) is 13.9. The number of rotatable bonds is 6. The van der Waals surface area contributed by atoms with E-state index in [2.05, 4.69) is 5.32 Å². The van der Waals surface area contributed by atoms with Crippen molar-refractivity contribution in [1.82, 2.24) is 9.80 Å². The zero-order chi connectivity index (χ0) is 18.6. The third-order valence-electron chi connectivity index (χ3n) is 3.32. The summed E-state index contributed by atoms with van der Waals surface area (Å²) in [5, 5.41) is 2.81. The minimum Gasteiger partial charge on any atom is -0.495 e. The van der Waals surface area contributed by atoms with E-state index in [1.807, 2.05) is 0 Å². The molecular formula is C15H16ClN3O6. The lowest BCUT2D eigenvalue weighted by Gasteiger charge is -2.13. The van der Waals surface area contributed by atoms with Crippen molar-refractivity contribution in [3.63, 3.8) is 0 Å². The van der Waals surface area contributed by atoms with Crippen molar-refractivity contribution in [1.29, 1.82) is 0 Å². The van der Waals surface area contributed by atoms with E-state index < -0.39 is 37.0 Å². The molecule has 134 valence electrons. The maximum Gasteiger partial charge on any atom is 0.327 e. The molecule has 1 heterocycles. The van der Waals surface area contributed by atoms with Gasteiger partial charge in [-0.1, -0.05) is 11.6 Å². The molecule has 10 heteroatoms. The highest BCUT2D eigenvalue weighted by Crippen LogP contribution is 2.27.